The first-order valence-electron chi connectivity index (χ1n) is 13.2. The summed E-state index contributed by atoms with van der Waals surface area (Å²) in [6.45, 7) is 0.459. The lowest BCUT2D eigenvalue weighted by Crippen LogP contribution is -2.57. The number of benzene rings is 2. The third kappa shape index (κ3) is 9.35. The maximum Gasteiger partial charge on any atom is 0.244 e. The molecule has 0 aliphatic heterocycles. The average Bonchev–Trinajstić information content (AvgIpc) is 2.95. The van der Waals surface area contributed by atoms with Crippen molar-refractivity contribution in [3.63, 3.8) is 0 Å². The fourth-order valence-electron chi connectivity index (χ4n) is 4.26. The highest BCUT2D eigenvalue weighted by Crippen LogP contribution is 2.16. The summed E-state index contributed by atoms with van der Waals surface area (Å²) >= 11 is 4.22. The molecule has 0 aliphatic rings. The number of nitrogens with two attached hydrogens (primary N) is 2. The number of carbonyl (C=O) groups is 4. The number of pyridine rings is 1. The van der Waals surface area contributed by atoms with Crippen molar-refractivity contribution >= 4 is 47.0 Å². The summed E-state index contributed by atoms with van der Waals surface area (Å²) in [6.07, 6.45) is 5.08. The molecule has 3 atom stereocenters. The Morgan fingerprint density at radius 3 is 2.15 bits per heavy atom. The van der Waals surface area contributed by atoms with Crippen LogP contribution in [0.3, 0.4) is 0 Å². The molecule has 212 valence electrons. The van der Waals surface area contributed by atoms with Crippen LogP contribution in [0.25, 0.3) is 10.8 Å². The van der Waals surface area contributed by atoms with Gasteiger partial charge in [0.2, 0.25) is 23.6 Å². The first-order chi connectivity index (χ1) is 19.3. The third-order valence-electron chi connectivity index (χ3n) is 6.44. The van der Waals surface area contributed by atoms with Crippen LogP contribution in [0.5, 0.6) is 0 Å². The molecule has 4 amide bonds. The Morgan fingerprint density at radius 2 is 1.48 bits per heavy atom. The van der Waals surface area contributed by atoms with Crippen molar-refractivity contribution in [3.05, 3.63) is 78.1 Å². The molecule has 2 unspecified atom stereocenters. The van der Waals surface area contributed by atoms with Crippen molar-refractivity contribution in [2.24, 2.45) is 11.5 Å². The van der Waals surface area contributed by atoms with E-state index in [1.54, 1.807) is 24.5 Å². The quantitative estimate of drug-likeness (QED) is 0.119. The van der Waals surface area contributed by atoms with Crippen molar-refractivity contribution < 1.29 is 19.2 Å². The van der Waals surface area contributed by atoms with E-state index in [0.717, 1.165) is 21.9 Å². The second kappa shape index (κ2) is 15.6. The number of fused-ring (bicyclic) bond motifs is 1. The molecule has 3 aromatic rings. The summed E-state index contributed by atoms with van der Waals surface area (Å²) in [5.41, 5.74) is 12.5. The summed E-state index contributed by atoms with van der Waals surface area (Å²) in [4.78, 5) is 55.1. The third-order valence-corrected chi connectivity index (χ3v) is 6.81. The molecule has 0 radical (unpaired) electrons. The number of nitrogens with one attached hydrogen (secondary N) is 3. The number of nitrogens with zero attached hydrogens (tertiary/aromatic N) is 1. The standard InChI is InChI=1S/C29H36N6O4S/c30-12-4-3-7-23(27(31)37)34-29(39)25(18-40)35-28(38)24(16-19-10-13-32-14-11-19)33-26(36)17-20-8-9-21-5-1-2-6-22(21)15-20/h1-2,5-6,8-11,13-15,23-25,40H,3-4,7,12,16-18,30H2,(H2,31,37)(H,33,36)(H,34,39)(H,35,38)/t23?,24?,25-/m0/s1. The minimum absolute atomic E-state index is 0.0289. The van der Waals surface area contributed by atoms with Crippen molar-refractivity contribution in [3.8, 4) is 0 Å². The van der Waals surface area contributed by atoms with Gasteiger partial charge in [-0.2, -0.15) is 12.6 Å². The van der Waals surface area contributed by atoms with Crippen LogP contribution < -0.4 is 27.4 Å². The lowest BCUT2D eigenvalue weighted by Gasteiger charge is -2.24. The highest BCUT2D eigenvalue weighted by atomic mass is 32.1. The minimum atomic E-state index is -1.05. The average molecular weight is 565 g/mol. The molecule has 11 heteroatoms. The Labute approximate surface area is 239 Å². The van der Waals surface area contributed by atoms with Crippen LogP contribution in [0.1, 0.15) is 30.4 Å². The Morgan fingerprint density at radius 1 is 0.800 bits per heavy atom. The highest BCUT2D eigenvalue weighted by molar-refractivity contribution is 7.80. The lowest BCUT2D eigenvalue weighted by molar-refractivity contribution is -0.132. The van der Waals surface area contributed by atoms with E-state index in [1.807, 2.05) is 42.5 Å². The Hall–Kier alpha value is -3.96. The fourth-order valence-corrected chi connectivity index (χ4v) is 4.52. The van der Waals surface area contributed by atoms with Crippen molar-refractivity contribution in [1.29, 1.82) is 0 Å². The van der Waals surface area contributed by atoms with Gasteiger partial charge in [0.15, 0.2) is 0 Å². The normalized spacial score (nSPS) is 13.2. The Balaban J connectivity index is 1.69. The number of hydrogen-bond acceptors (Lipinski definition) is 7. The van der Waals surface area contributed by atoms with Crippen molar-refractivity contribution in [2.75, 3.05) is 12.3 Å². The van der Waals surface area contributed by atoms with Gasteiger partial charge < -0.3 is 27.4 Å². The van der Waals surface area contributed by atoms with Gasteiger partial charge in [-0.1, -0.05) is 42.5 Å². The number of primary amides is 1. The first kappa shape index (κ1) is 30.6. The van der Waals surface area contributed by atoms with Crippen LogP contribution in [0.2, 0.25) is 0 Å². The predicted molar refractivity (Wildman–Crippen MR) is 157 cm³/mol. The van der Waals surface area contributed by atoms with E-state index in [1.165, 1.54) is 0 Å². The van der Waals surface area contributed by atoms with Gasteiger partial charge >= 0.3 is 0 Å². The minimum Gasteiger partial charge on any atom is -0.368 e. The summed E-state index contributed by atoms with van der Waals surface area (Å²) in [5.74, 6) is -2.20. The summed E-state index contributed by atoms with van der Waals surface area (Å²) in [6, 6.07) is 14.2. The van der Waals surface area contributed by atoms with Gasteiger partial charge in [-0.3, -0.25) is 24.2 Å². The molecule has 7 N–H and O–H groups in total. The molecular weight excluding hydrogens is 528 g/mol. The molecule has 0 fully saturated rings. The van der Waals surface area contributed by atoms with E-state index in [9.17, 15) is 19.2 Å². The van der Waals surface area contributed by atoms with Gasteiger partial charge in [0.25, 0.3) is 0 Å². The monoisotopic (exact) mass is 564 g/mol. The molecule has 0 saturated heterocycles. The molecule has 40 heavy (non-hydrogen) atoms. The molecule has 1 aromatic heterocycles. The first-order valence-corrected chi connectivity index (χ1v) is 13.8. The number of amides is 4. The maximum atomic E-state index is 13.4. The Bertz CT molecular complexity index is 1310. The van der Waals surface area contributed by atoms with Crippen molar-refractivity contribution in [2.45, 2.75) is 50.2 Å². The van der Waals surface area contributed by atoms with E-state index >= 15 is 0 Å². The summed E-state index contributed by atoms with van der Waals surface area (Å²) in [7, 11) is 0. The maximum absolute atomic E-state index is 13.4. The van der Waals surface area contributed by atoms with Crippen LogP contribution in [-0.2, 0) is 32.0 Å². The van der Waals surface area contributed by atoms with E-state index < -0.39 is 35.8 Å². The number of hydrogen-bond donors (Lipinski definition) is 6. The fraction of sp³-hybridized carbons (Fsp3) is 0.345. The van der Waals surface area contributed by atoms with E-state index in [-0.39, 0.29) is 24.5 Å². The molecule has 0 bridgehead atoms. The zero-order chi connectivity index (χ0) is 28.9. The molecular formula is C29H36N6O4S. The number of carbonyl (C=O) groups excluding carboxylic acids is 4. The van der Waals surface area contributed by atoms with Gasteiger partial charge in [-0.25, -0.2) is 0 Å². The highest BCUT2D eigenvalue weighted by Gasteiger charge is 2.28. The largest absolute Gasteiger partial charge is 0.368 e. The van der Waals surface area contributed by atoms with Crippen molar-refractivity contribution in [1.82, 2.24) is 20.9 Å². The molecule has 1 heterocycles. The SMILES string of the molecule is NCCCCC(NC(=O)[C@H](CS)NC(=O)C(Cc1ccncc1)NC(=O)Cc1ccc2ccccc2c1)C(N)=O. The molecule has 2 aromatic carbocycles. The zero-order valence-corrected chi connectivity index (χ0v) is 23.1. The van der Waals surface area contributed by atoms with Gasteiger partial charge in [0.1, 0.15) is 18.1 Å². The molecule has 0 saturated carbocycles. The number of aromatic nitrogens is 1. The second-order valence-electron chi connectivity index (χ2n) is 9.53. The van der Waals surface area contributed by atoms with Crippen LogP contribution in [0.15, 0.2) is 67.0 Å². The number of unbranched alkanes of at least 4 members (excludes halogenated alkanes) is 1. The number of thiol groups is 1. The zero-order valence-electron chi connectivity index (χ0n) is 22.2. The van der Waals surface area contributed by atoms with Crippen LogP contribution in [0.4, 0.5) is 0 Å². The van der Waals surface area contributed by atoms with Crippen LogP contribution >= 0.6 is 12.6 Å². The molecule has 10 nitrogen and oxygen atoms in total. The van der Waals surface area contributed by atoms with Gasteiger partial charge in [-0.15, -0.1) is 0 Å². The lowest BCUT2D eigenvalue weighted by atomic mass is 10.0. The summed E-state index contributed by atoms with van der Waals surface area (Å²) in [5, 5.41) is 10.1. The topological polar surface area (TPSA) is 169 Å². The predicted octanol–water partition coefficient (Wildman–Crippen LogP) is 1.02. The van der Waals surface area contributed by atoms with Gasteiger partial charge in [0.05, 0.1) is 6.42 Å². The number of rotatable bonds is 15. The molecule has 3 rings (SSSR count). The Kier molecular flexibility index (Phi) is 11.9. The molecule has 0 aliphatic carbocycles. The van der Waals surface area contributed by atoms with Crippen LogP contribution in [-0.4, -0.2) is 59.0 Å². The van der Waals surface area contributed by atoms with E-state index in [4.69, 9.17) is 11.5 Å². The van der Waals surface area contributed by atoms with Gasteiger partial charge in [-0.05, 0) is 59.8 Å². The molecule has 0 spiro atoms. The second-order valence-corrected chi connectivity index (χ2v) is 9.89. The van der Waals surface area contributed by atoms with Gasteiger partial charge in [0, 0.05) is 24.6 Å². The smallest absolute Gasteiger partial charge is 0.244 e. The van der Waals surface area contributed by atoms with Crippen LogP contribution in [0, 0.1) is 0 Å². The van der Waals surface area contributed by atoms with E-state index in [2.05, 4.69) is 33.6 Å². The van der Waals surface area contributed by atoms with E-state index in [0.29, 0.717) is 25.8 Å². The summed E-state index contributed by atoms with van der Waals surface area (Å²) < 4.78 is 0.